The number of para-hydroxylation sites is 3. The minimum Gasteiger partial charge on any atom is -0.457 e. The summed E-state index contributed by atoms with van der Waals surface area (Å²) in [5.74, 6) is 2.51. The summed E-state index contributed by atoms with van der Waals surface area (Å²) in [7, 11) is 0. The lowest BCUT2D eigenvalue weighted by molar-refractivity contribution is 0.425. The Hall–Kier alpha value is -6.32. The van der Waals surface area contributed by atoms with Gasteiger partial charge in [0.25, 0.3) is 0 Å². The van der Waals surface area contributed by atoms with Crippen molar-refractivity contribution < 1.29 is 4.74 Å². The summed E-state index contributed by atoms with van der Waals surface area (Å²) >= 11 is 0. The van der Waals surface area contributed by atoms with Gasteiger partial charge in [-0.05, 0) is 57.6 Å². The Kier molecular flexibility index (Phi) is 6.44. The maximum absolute atomic E-state index is 6.62. The molecule has 2 aliphatic rings. The van der Waals surface area contributed by atoms with E-state index in [1.807, 2.05) is 12.1 Å². The molecule has 0 saturated heterocycles. The van der Waals surface area contributed by atoms with E-state index in [4.69, 9.17) is 14.7 Å². The second kappa shape index (κ2) is 11.1. The zero-order valence-electron chi connectivity index (χ0n) is 28.5. The Morgan fingerprint density at radius 3 is 1.78 bits per heavy atom. The molecule has 0 radical (unpaired) electrons. The Morgan fingerprint density at radius 2 is 1.02 bits per heavy atom. The Labute approximate surface area is 297 Å². The van der Waals surface area contributed by atoms with Crippen LogP contribution >= 0.6 is 0 Å². The fourth-order valence-electron chi connectivity index (χ4n) is 8.84. The molecular formula is C48H34N2O. The normalized spacial score (nSPS) is 14.5. The van der Waals surface area contributed by atoms with Gasteiger partial charge < -0.3 is 4.74 Å². The molecule has 0 fully saturated rings. The minimum atomic E-state index is -0.563. The summed E-state index contributed by atoms with van der Waals surface area (Å²) in [5, 5.41) is 1.04. The Bertz CT molecular complexity index is 2610. The maximum atomic E-state index is 6.62. The number of aromatic nitrogens is 2. The fraction of sp³-hybridized carbons (Fsp3) is 0.0833. The van der Waals surface area contributed by atoms with E-state index < -0.39 is 5.41 Å². The molecule has 3 heteroatoms. The first-order chi connectivity index (χ1) is 25.0. The largest absolute Gasteiger partial charge is 0.457 e. The highest BCUT2D eigenvalue weighted by atomic mass is 16.5. The van der Waals surface area contributed by atoms with Gasteiger partial charge in [-0.2, -0.15) is 0 Å². The van der Waals surface area contributed by atoms with Gasteiger partial charge in [0.15, 0.2) is 5.82 Å². The van der Waals surface area contributed by atoms with Gasteiger partial charge in [0, 0.05) is 33.1 Å². The Balaban J connectivity index is 1.24. The number of hydrogen-bond acceptors (Lipinski definition) is 3. The van der Waals surface area contributed by atoms with Gasteiger partial charge in [0.1, 0.15) is 11.5 Å². The Morgan fingerprint density at radius 1 is 0.451 bits per heavy atom. The first kappa shape index (κ1) is 29.6. The van der Waals surface area contributed by atoms with Gasteiger partial charge in [0.05, 0.1) is 16.6 Å². The molecule has 8 aromatic rings. The molecule has 2 heterocycles. The highest BCUT2D eigenvalue weighted by Crippen LogP contribution is 2.62. The quantitative estimate of drug-likeness (QED) is 0.190. The molecule has 0 amide bonds. The van der Waals surface area contributed by atoms with E-state index in [2.05, 4.69) is 172 Å². The third-order valence-electron chi connectivity index (χ3n) is 11.0. The van der Waals surface area contributed by atoms with Crippen molar-refractivity contribution in [2.24, 2.45) is 0 Å². The predicted octanol–water partition coefficient (Wildman–Crippen LogP) is 11.8. The summed E-state index contributed by atoms with van der Waals surface area (Å²) in [4.78, 5) is 10.3. The minimum absolute atomic E-state index is 0.300. The van der Waals surface area contributed by atoms with Gasteiger partial charge in [0.2, 0.25) is 0 Å². The van der Waals surface area contributed by atoms with Crippen molar-refractivity contribution >= 4 is 10.9 Å². The standard InChI is InChI=1S/C48H34N2O/c1-47(2)36-22-7-8-23-37(36)48(38-24-9-12-28-42(38)51-43-29-13-10-25-39(43)48)40-26-15-21-34(44(40)47)32-18-14-19-33(30-32)46-49-41-27-11-6-20-35(41)45(50-46)31-16-4-3-5-17-31/h3-30H,1-2H3. The molecule has 1 aliphatic carbocycles. The topological polar surface area (TPSA) is 35.0 Å². The lowest BCUT2D eigenvalue weighted by Gasteiger charge is -2.50. The molecule has 10 rings (SSSR count). The zero-order valence-corrected chi connectivity index (χ0v) is 28.5. The van der Waals surface area contributed by atoms with Crippen LogP contribution in [-0.2, 0) is 10.8 Å². The second-order valence-corrected chi connectivity index (χ2v) is 14.1. The molecule has 1 aromatic heterocycles. The van der Waals surface area contributed by atoms with Crippen LogP contribution in [0.3, 0.4) is 0 Å². The van der Waals surface area contributed by atoms with Crippen LogP contribution in [0.25, 0.3) is 44.7 Å². The highest BCUT2D eigenvalue weighted by Gasteiger charge is 2.53. The van der Waals surface area contributed by atoms with Gasteiger partial charge in [-0.15, -0.1) is 0 Å². The summed E-state index contributed by atoms with van der Waals surface area (Å²) in [6, 6.07) is 60.5. The van der Waals surface area contributed by atoms with Crippen LogP contribution in [0.1, 0.15) is 47.2 Å². The molecule has 3 nitrogen and oxygen atoms in total. The van der Waals surface area contributed by atoms with Crippen LogP contribution in [0.4, 0.5) is 0 Å². The van der Waals surface area contributed by atoms with Gasteiger partial charge >= 0.3 is 0 Å². The summed E-state index contributed by atoms with van der Waals surface area (Å²) in [6.45, 7) is 4.75. The molecule has 0 unspecified atom stereocenters. The van der Waals surface area contributed by atoms with Crippen molar-refractivity contribution in [3.8, 4) is 45.3 Å². The van der Waals surface area contributed by atoms with Crippen LogP contribution in [0.5, 0.6) is 11.5 Å². The lowest BCUT2D eigenvalue weighted by atomic mass is 9.53. The molecule has 1 aliphatic heterocycles. The number of ether oxygens (including phenoxy) is 1. The van der Waals surface area contributed by atoms with E-state index >= 15 is 0 Å². The van der Waals surface area contributed by atoms with Crippen molar-refractivity contribution in [2.75, 3.05) is 0 Å². The van der Waals surface area contributed by atoms with Crippen molar-refractivity contribution in [1.82, 2.24) is 9.97 Å². The van der Waals surface area contributed by atoms with Crippen LogP contribution in [0.2, 0.25) is 0 Å². The smallest absolute Gasteiger partial charge is 0.160 e. The van der Waals surface area contributed by atoms with Gasteiger partial charge in [-0.1, -0.05) is 159 Å². The summed E-state index contributed by atoms with van der Waals surface area (Å²) < 4.78 is 6.62. The third-order valence-corrected chi connectivity index (χ3v) is 11.0. The highest BCUT2D eigenvalue weighted by molar-refractivity contribution is 5.94. The number of nitrogens with zero attached hydrogens (tertiary/aromatic N) is 2. The monoisotopic (exact) mass is 654 g/mol. The summed E-state index contributed by atoms with van der Waals surface area (Å²) in [5.41, 5.74) is 13.0. The molecule has 7 aromatic carbocycles. The molecule has 242 valence electrons. The van der Waals surface area contributed by atoms with E-state index in [-0.39, 0.29) is 5.41 Å². The molecule has 51 heavy (non-hydrogen) atoms. The number of hydrogen-bond donors (Lipinski definition) is 0. The zero-order chi connectivity index (χ0) is 34.2. The van der Waals surface area contributed by atoms with Crippen LogP contribution in [-0.4, -0.2) is 9.97 Å². The number of benzene rings is 7. The first-order valence-electron chi connectivity index (χ1n) is 17.6. The van der Waals surface area contributed by atoms with E-state index in [0.29, 0.717) is 5.82 Å². The molecule has 0 saturated carbocycles. The molecule has 0 bridgehead atoms. The molecule has 0 N–H and O–H groups in total. The number of fused-ring (bicyclic) bond motifs is 9. The van der Waals surface area contributed by atoms with E-state index in [9.17, 15) is 0 Å². The van der Waals surface area contributed by atoms with E-state index in [1.54, 1.807) is 0 Å². The second-order valence-electron chi connectivity index (χ2n) is 14.1. The molecule has 0 atom stereocenters. The third kappa shape index (κ3) is 4.25. The van der Waals surface area contributed by atoms with Crippen LogP contribution < -0.4 is 4.74 Å². The van der Waals surface area contributed by atoms with Crippen molar-refractivity contribution in [3.05, 3.63) is 203 Å². The SMILES string of the molecule is CC1(C)c2ccccc2C2(c3ccccc3Oc3ccccc32)c2cccc(-c3cccc(-c4nc(-c5ccccc5)c5ccccc5n4)c3)c21. The van der Waals surface area contributed by atoms with Crippen molar-refractivity contribution in [3.63, 3.8) is 0 Å². The van der Waals surface area contributed by atoms with Crippen LogP contribution in [0.15, 0.2) is 170 Å². The maximum Gasteiger partial charge on any atom is 0.160 e. The van der Waals surface area contributed by atoms with Crippen LogP contribution in [0, 0.1) is 0 Å². The first-order valence-corrected chi connectivity index (χ1v) is 17.6. The van der Waals surface area contributed by atoms with E-state index in [0.717, 1.165) is 55.9 Å². The number of rotatable bonds is 3. The van der Waals surface area contributed by atoms with Gasteiger partial charge in [-0.3, -0.25) is 0 Å². The predicted molar refractivity (Wildman–Crippen MR) is 206 cm³/mol. The average molecular weight is 655 g/mol. The molecule has 1 spiro atoms. The molecular weight excluding hydrogens is 621 g/mol. The summed E-state index contributed by atoms with van der Waals surface area (Å²) in [6.07, 6.45) is 0. The lowest BCUT2D eigenvalue weighted by Crippen LogP contribution is -2.43. The average Bonchev–Trinajstić information content (AvgIpc) is 3.19. The van der Waals surface area contributed by atoms with E-state index in [1.165, 1.54) is 27.8 Å². The van der Waals surface area contributed by atoms with Gasteiger partial charge in [-0.25, -0.2) is 9.97 Å². The van der Waals surface area contributed by atoms with Crippen molar-refractivity contribution in [2.45, 2.75) is 24.7 Å². The van der Waals surface area contributed by atoms with Crippen molar-refractivity contribution in [1.29, 1.82) is 0 Å². The fourth-order valence-corrected chi connectivity index (χ4v) is 8.84.